The zero-order chi connectivity index (χ0) is 19.9. The zero-order valence-corrected chi connectivity index (χ0v) is 16.1. The number of anilines is 1. The standard InChI is InChI=1S/C20H22FN3O3S/c21-15-1-3-16(4-2-15)22-19(26)13-23-9-11-24(12-10-23)20(27)14-28-18-7-5-17(25)6-8-18/h1-8,25H,9-14H2,(H,22,26). The number of carbonyl (C=O) groups is 2. The Bertz CT molecular complexity index is 806. The van der Waals surface area contributed by atoms with Gasteiger partial charge in [-0.15, -0.1) is 11.8 Å². The van der Waals surface area contributed by atoms with Gasteiger partial charge in [0.1, 0.15) is 11.6 Å². The largest absolute Gasteiger partial charge is 0.508 e. The van der Waals surface area contributed by atoms with Crippen molar-refractivity contribution in [1.29, 1.82) is 0 Å². The van der Waals surface area contributed by atoms with E-state index < -0.39 is 0 Å². The average Bonchev–Trinajstić information content (AvgIpc) is 2.69. The first-order valence-corrected chi connectivity index (χ1v) is 9.95. The molecule has 0 unspecified atom stereocenters. The molecule has 0 aromatic heterocycles. The Labute approximate surface area is 167 Å². The van der Waals surface area contributed by atoms with Crippen LogP contribution in [0.2, 0.25) is 0 Å². The summed E-state index contributed by atoms with van der Waals surface area (Å²) >= 11 is 1.44. The Morgan fingerprint density at radius 1 is 1.00 bits per heavy atom. The van der Waals surface area contributed by atoms with E-state index in [0.717, 1.165) is 4.90 Å². The first kappa shape index (κ1) is 20.2. The zero-order valence-electron chi connectivity index (χ0n) is 15.3. The second-order valence-electron chi connectivity index (χ2n) is 6.49. The van der Waals surface area contributed by atoms with Crippen molar-refractivity contribution in [3.05, 3.63) is 54.3 Å². The molecule has 28 heavy (non-hydrogen) atoms. The summed E-state index contributed by atoms with van der Waals surface area (Å²) in [5.74, 6) is 0.107. The third-order valence-electron chi connectivity index (χ3n) is 4.42. The number of rotatable bonds is 6. The Morgan fingerprint density at radius 3 is 2.29 bits per heavy atom. The predicted octanol–water partition coefficient (Wildman–Crippen LogP) is 2.41. The minimum absolute atomic E-state index is 0.0634. The molecule has 0 spiro atoms. The molecule has 6 nitrogen and oxygen atoms in total. The van der Waals surface area contributed by atoms with Crippen molar-refractivity contribution in [2.24, 2.45) is 0 Å². The topological polar surface area (TPSA) is 72.9 Å². The lowest BCUT2D eigenvalue weighted by Gasteiger charge is -2.34. The van der Waals surface area contributed by atoms with Gasteiger partial charge in [0.05, 0.1) is 12.3 Å². The number of aromatic hydroxyl groups is 1. The van der Waals surface area contributed by atoms with E-state index in [0.29, 0.717) is 37.6 Å². The molecule has 0 radical (unpaired) electrons. The van der Waals surface area contributed by atoms with E-state index in [2.05, 4.69) is 5.32 Å². The molecule has 2 amide bonds. The summed E-state index contributed by atoms with van der Waals surface area (Å²) in [5.41, 5.74) is 0.562. The molecule has 2 aromatic carbocycles. The highest BCUT2D eigenvalue weighted by molar-refractivity contribution is 8.00. The third-order valence-corrected chi connectivity index (χ3v) is 5.42. The minimum Gasteiger partial charge on any atom is -0.508 e. The molecule has 0 saturated carbocycles. The van der Waals surface area contributed by atoms with Crippen LogP contribution in [0.5, 0.6) is 5.75 Å². The highest BCUT2D eigenvalue weighted by Crippen LogP contribution is 2.21. The number of benzene rings is 2. The van der Waals surface area contributed by atoms with Crippen LogP contribution in [0.1, 0.15) is 0 Å². The Morgan fingerprint density at radius 2 is 1.64 bits per heavy atom. The molecule has 1 fully saturated rings. The highest BCUT2D eigenvalue weighted by Gasteiger charge is 2.22. The number of phenols is 1. The predicted molar refractivity (Wildman–Crippen MR) is 107 cm³/mol. The highest BCUT2D eigenvalue weighted by atomic mass is 32.2. The van der Waals surface area contributed by atoms with E-state index in [9.17, 15) is 19.1 Å². The maximum atomic E-state index is 12.9. The Hall–Kier alpha value is -2.58. The summed E-state index contributed by atoms with van der Waals surface area (Å²) in [6, 6.07) is 12.4. The lowest BCUT2D eigenvalue weighted by molar-refractivity contribution is -0.130. The quantitative estimate of drug-likeness (QED) is 0.725. The molecule has 3 rings (SSSR count). The monoisotopic (exact) mass is 403 g/mol. The molecule has 1 aliphatic heterocycles. The average molecular weight is 403 g/mol. The van der Waals surface area contributed by atoms with Gasteiger partial charge in [0.15, 0.2) is 0 Å². The van der Waals surface area contributed by atoms with E-state index in [1.54, 1.807) is 24.3 Å². The normalized spacial score (nSPS) is 14.7. The second kappa shape index (κ2) is 9.57. The van der Waals surface area contributed by atoms with E-state index in [1.165, 1.54) is 36.0 Å². The van der Waals surface area contributed by atoms with Gasteiger partial charge in [-0.25, -0.2) is 4.39 Å². The molecule has 2 N–H and O–H groups in total. The van der Waals surface area contributed by atoms with E-state index >= 15 is 0 Å². The number of amides is 2. The molecule has 2 aromatic rings. The van der Waals surface area contributed by atoms with Gasteiger partial charge in [0.2, 0.25) is 11.8 Å². The van der Waals surface area contributed by atoms with Crippen LogP contribution in [0.4, 0.5) is 10.1 Å². The number of nitrogens with one attached hydrogen (secondary N) is 1. The van der Waals surface area contributed by atoms with Gasteiger partial charge < -0.3 is 15.3 Å². The summed E-state index contributed by atoms with van der Waals surface area (Å²) in [5, 5.41) is 12.0. The van der Waals surface area contributed by atoms with Crippen LogP contribution in [-0.2, 0) is 9.59 Å². The molecular weight excluding hydrogens is 381 g/mol. The lowest BCUT2D eigenvalue weighted by atomic mass is 10.3. The van der Waals surface area contributed by atoms with Gasteiger partial charge in [-0.05, 0) is 48.5 Å². The van der Waals surface area contributed by atoms with Gasteiger partial charge in [-0.1, -0.05) is 0 Å². The van der Waals surface area contributed by atoms with Gasteiger partial charge in [0.25, 0.3) is 0 Å². The first-order chi connectivity index (χ1) is 13.5. The summed E-state index contributed by atoms with van der Waals surface area (Å²) in [7, 11) is 0. The molecule has 0 aliphatic carbocycles. The molecule has 1 heterocycles. The molecular formula is C20H22FN3O3S. The SMILES string of the molecule is O=C(CN1CCN(C(=O)CSc2ccc(O)cc2)CC1)Nc1ccc(F)cc1. The summed E-state index contributed by atoms with van der Waals surface area (Å²) in [4.78, 5) is 29.2. The van der Waals surface area contributed by atoms with Crippen LogP contribution in [-0.4, -0.2) is 65.2 Å². The van der Waals surface area contributed by atoms with Gasteiger partial charge >= 0.3 is 0 Å². The van der Waals surface area contributed by atoms with Crippen molar-refractivity contribution >= 4 is 29.3 Å². The molecule has 0 atom stereocenters. The van der Waals surface area contributed by atoms with Crippen LogP contribution in [0, 0.1) is 5.82 Å². The summed E-state index contributed by atoms with van der Waals surface area (Å²) < 4.78 is 12.9. The van der Waals surface area contributed by atoms with E-state index in [1.807, 2.05) is 9.80 Å². The third kappa shape index (κ3) is 5.97. The van der Waals surface area contributed by atoms with Crippen LogP contribution < -0.4 is 5.32 Å². The number of nitrogens with zero attached hydrogens (tertiary/aromatic N) is 2. The van der Waals surface area contributed by atoms with Crippen LogP contribution in [0.3, 0.4) is 0 Å². The van der Waals surface area contributed by atoms with Crippen molar-refractivity contribution in [2.45, 2.75) is 4.90 Å². The first-order valence-electron chi connectivity index (χ1n) is 8.97. The number of carbonyl (C=O) groups excluding carboxylic acids is 2. The van der Waals surface area contributed by atoms with Crippen molar-refractivity contribution in [2.75, 3.05) is 43.8 Å². The van der Waals surface area contributed by atoms with Crippen LogP contribution >= 0.6 is 11.8 Å². The second-order valence-corrected chi connectivity index (χ2v) is 7.54. The van der Waals surface area contributed by atoms with Crippen LogP contribution in [0.25, 0.3) is 0 Å². The van der Waals surface area contributed by atoms with E-state index in [4.69, 9.17) is 0 Å². The molecule has 148 valence electrons. The number of phenolic OH excluding ortho intramolecular Hbond substituents is 1. The lowest BCUT2D eigenvalue weighted by Crippen LogP contribution is -2.50. The molecule has 0 bridgehead atoms. The van der Waals surface area contributed by atoms with Crippen LogP contribution in [0.15, 0.2) is 53.4 Å². The van der Waals surface area contributed by atoms with Crippen molar-refractivity contribution in [1.82, 2.24) is 9.80 Å². The number of hydrogen-bond acceptors (Lipinski definition) is 5. The van der Waals surface area contributed by atoms with Gasteiger partial charge in [-0.2, -0.15) is 0 Å². The molecule has 1 saturated heterocycles. The fourth-order valence-corrected chi connectivity index (χ4v) is 3.67. The van der Waals surface area contributed by atoms with E-state index in [-0.39, 0.29) is 29.9 Å². The molecule has 1 aliphatic rings. The van der Waals surface area contributed by atoms with Gasteiger partial charge in [-0.3, -0.25) is 14.5 Å². The Kier molecular flexibility index (Phi) is 6.89. The number of thioether (sulfide) groups is 1. The maximum Gasteiger partial charge on any atom is 0.238 e. The summed E-state index contributed by atoms with van der Waals surface area (Å²) in [6.07, 6.45) is 0. The smallest absolute Gasteiger partial charge is 0.238 e. The minimum atomic E-state index is -0.345. The maximum absolute atomic E-state index is 12.9. The molecule has 8 heteroatoms. The summed E-state index contributed by atoms with van der Waals surface area (Å²) in [6.45, 7) is 2.66. The van der Waals surface area contributed by atoms with Crippen molar-refractivity contribution in [3.8, 4) is 5.75 Å². The fourth-order valence-electron chi connectivity index (χ4n) is 2.87. The fraction of sp³-hybridized carbons (Fsp3) is 0.300. The number of halogens is 1. The Balaban J connectivity index is 1.38. The number of piperazine rings is 1. The van der Waals surface area contributed by atoms with Crippen molar-refractivity contribution < 1.29 is 19.1 Å². The number of hydrogen-bond donors (Lipinski definition) is 2. The van der Waals surface area contributed by atoms with Gasteiger partial charge in [0, 0.05) is 36.8 Å². The van der Waals surface area contributed by atoms with Crippen molar-refractivity contribution in [3.63, 3.8) is 0 Å².